The zero-order valence-electron chi connectivity index (χ0n) is 7.91. The normalized spacial score (nSPS) is 17.2. The molecule has 1 saturated heterocycles. The molecule has 0 saturated carbocycles. The maximum absolute atomic E-state index is 6.00. The standard InChI is InChI=1S/C10H12ClN3/c1-8-2-4-14(5-3-8)10-9(11)6-12-7-13-10/h6-7H,1-5H2. The predicted octanol–water partition coefficient (Wildman–Crippen LogP) is 2.29. The SMILES string of the molecule is C=C1CCN(c2ncncc2Cl)CC1. The van der Waals surface area contributed by atoms with Crippen molar-refractivity contribution >= 4 is 17.4 Å². The summed E-state index contributed by atoms with van der Waals surface area (Å²) < 4.78 is 0. The van der Waals surface area contributed by atoms with Crippen LogP contribution >= 0.6 is 11.6 Å². The molecule has 0 aromatic carbocycles. The molecule has 1 aliphatic heterocycles. The highest BCUT2D eigenvalue weighted by molar-refractivity contribution is 6.32. The van der Waals surface area contributed by atoms with Gasteiger partial charge in [0.25, 0.3) is 0 Å². The summed E-state index contributed by atoms with van der Waals surface area (Å²) in [7, 11) is 0. The summed E-state index contributed by atoms with van der Waals surface area (Å²) >= 11 is 6.00. The monoisotopic (exact) mass is 209 g/mol. The summed E-state index contributed by atoms with van der Waals surface area (Å²) in [4.78, 5) is 10.2. The van der Waals surface area contributed by atoms with Gasteiger partial charge in [-0.2, -0.15) is 0 Å². The minimum absolute atomic E-state index is 0.625. The van der Waals surface area contributed by atoms with Gasteiger partial charge in [-0.05, 0) is 12.8 Å². The van der Waals surface area contributed by atoms with E-state index in [9.17, 15) is 0 Å². The molecule has 1 aromatic heterocycles. The summed E-state index contributed by atoms with van der Waals surface area (Å²) in [5, 5.41) is 0.625. The summed E-state index contributed by atoms with van der Waals surface area (Å²) in [5.41, 5.74) is 1.31. The number of hydrogen-bond acceptors (Lipinski definition) is 3. The summed E-state index contributed by atoms with van der Waals surface area (Å²) in [5.74, 6) is 0.842. The fourth-order valence-corrected chi connectivity index (χ4v) is 1.80. The summed E-state index contributed by atoms with van der Waals surface area (Å²) in [6, 6.07) is 0. The molecule has 0 N–H and O–H groups in total. The van der Waals surface area contributed by atoms with Crippen molar-refractivity contribution in [2.24, 2.45) is 0 Å². The van der Waals surface area contributed by atoms with E-state index in [4.69, 9.17) is 11.6 Å². The van der Waals surface area contributed by atoms with Crippen molar-refractivity contribution in [3.05, 3.63) is 29.7 Å². The van der Waals surface area contributed by atoms with Crippen LogP contribution in [0, 0.1) is 0 Å². The van der Waals surface area contributed by atoms with Gasteiger partial charge in [0.05, 0.1) is 6.20 Å². The second-order valence-corrected chi connectivity index (χ2v) is 3.84. The maximum Gasteiger partial charge on any atom is 0.150 e. The molecule has 2 heterocycles. The Bertz CT molecular complexity index is 341. The molecule has 0 amide bonds. The third-order valence-corrected chi connectivity index (χ3v) is 2.68. The van der Waals surface area contributed by atoms with Gasteiger partial charge >= 0.3 is 0 Å². The molecular formula is C10H12ClN3. The van der Waals surface area contributed by atoms with E-state index < -0.39 is 0 Å². The van der Waals surface area contributed by atoms with Crippen LogP contribution in [-0.4, -0.2) is 23.1 Å². The Morgan fingerprint density at radius 1 is 1.36 bits per heavy atom. The van der Waals surface area contributed by atoms with Crippen molar-refractivity contribution in [3.8, 4) is 0 Å². The van der Waals surface area contributed by atoms with E-state index in [1.807, 2.05) is 0 Å². The molecule has 74 valence electrons. The summed E-state index contributed by atoms with van der Waals surface area (Å²) in [6.45, 7) is 5.88. The van der Waals surface area contributed by atoms with Crippen LogP contribution in [0.2, 0.25) is 5.02 Å². The first-order valence-corrected chi connectivity index (χ1v) is 5.02. The molecule has 0 atom stereocenters. The number of rotatable bonds is 1. The lowest BCUT2D eigenvalue weighted by molar-refractivity contribution is 0.678. The van der Waals surface area contributed by atoms with Crippen LogP contribution in [0.15, 0.2) is 24.7 Å². The van der Waals surface area contributed by atoms with E-state index >= 15 is 0 Å². The maximum atomic E-state index is 6.00. The largest absolute Gasteiger partial charge is 0.355 e. The number of piperidine rings is 1. The third kappa shape index (κ3) is 1.87. The average molecular weight is 210 g/mol. The van der Waals surface area contributed by atoms with Crippen LogP contribution in [0.4, 0.5) is 5.82 Å². The molecule has 1 fully saturated rings. The smallest absolute Gasteiger partial charge is 0.150 e. The van der Waals surface area contributed by atoms with Gasteiger partial charge in [0.1, 0.15) is 11.3 Å². The minimum atomic E-state index is 0.625. The van der Waals surface area contributed by atoms with Crippen molar-refractivity contribution in [1.29, 1.82) is 0 Å². The van der Waals surface area contributed by atoms with Crippen LogP contribution in [-0.2, 0) is 0 Å². The Balaban J connectivity index is 2.16. The first-order valence-electron chi connectivity index (χ1n) is 4.64. The number of anilines is 1. The number of halogens is 1. The zero-order chi connectivity index (χ0) is 9.97. The third-order valence-electron chi connectivity index (χ3n) is 2.42. The van der Waals surface area contributed by atoms with E-state index in [0.29, 0.717) is 5.02 Å². The van der Waals surface area contributed by atoms with Crippen molar-refractivity contribution in [2.75, 3.05) is 18.0 Å². The Hall–Kier alpha value is -1.09. The van der Waals surface area contributed by atoms with E-state index in [0.717, 1.165) is 31.7 Å². The molecule has 0 spiro atoms. The molecule has 0 radical (unpaired) electrons. The fourth-order valence-electron chi connectivity index (χ4n) is 1.57. The molecule has 4 heteroatoms. The molecule has 2 rings (SSSR count). The van der Waals surface area contributed by atoms with Gasteiger partial charge in [-0.3, -0.25) is 0 Å². The Morgan fingerprint density at radius 2 is 2.07 bits per heavy atom. The average Bonchev–Trinajstić information content (AvgIpc) is 2.20. The van der Waals surface area contributed by atoms with Gasteiger partial charge in [0.15, 0.2) is 5.82 Å². The molecule has 3 nitrogen and oxygen atoms in total. The van der Waals surface area contributed by atoms with Gasteiger partial charge in [0, 0.05) is 13.1 Å². The van der Waals surface area contributed by atoms with Crippen LogP contribution in [0.25, 0.3) is 0 Å². The predicted molar refractivity (Wildman–Crippen MR) is 57.6 cm³/mol. The van der Waals surface area contributed by atoms with Gasteiger partial charge < -0.3 is 4.90 Å². The molecule has 0 aliphatic carbocycles. The van der Waals surface area contributed by atoms with Crippen molar-refractivity contribution in [2.45, 2.75) is 12.8 Å². The Morgan fingerprint density at radius 3 is 2.71 bits per heavy atom. The van der Waals surface area contributed by atoms with E-state index in [-0.39, 0.29) is 0 Å². The van der Waals surface area contributed by atoms with Crippen LogP contribution in [0.3, 0.4) is 0 Å². The van der Waals surface area contributed by atoms with Crippen LogP contribution < -0.4 is 4.90 Å². The molecule has 14 heavy (non-hydrogen) atoms. The second-order valence-electron chi connectivity index (χ2n) is 3.43. The van der Waals surface area contributed by atoms with Crippen LogP contribution in [0.5, 0.6) is 0 Å². The molecular weight excluding hydrogens is 198 g/mol. The Kier molecular flexibility index (Phi) is 2.68. The molecule has 0 unspecified atom stereocenters. The molecule has 0 bridgehead atoms. The first kappa shape index (κ1) is 9.46. The number of hydrogen-bond donors (Lipinski definition) is 0. The highest BCUT2D eigenvalue weighted by Crippen LogP contribution is 2.25. The number of aromatic nitrogens is 2. The van der Waals surface area contributed by atoms with Crippen molar-refractivity contribution in [1.82, 2.24) is 9.97 Å². The topological polar surface area (TPSA) is 29.0 Å². The molecule has 1 aliphatic rings. The van der Waals surface area contributed by atoms with Crippen molar-refractivity contribution in [3.63, 3.8) is 0 Å². The lowest BCUT2D eigenvalue weighted by Gasteiger charge is -2.29. The second kappa shape index (κ2) is 3.96. The Labute approximate surface area is 88.4 Å². The van der Waals surface area contributed by atoms with Gasteiger partial charge in [-0.25, -0.2) is 9.97 Å². The lowest BCUT2D eigenvalue weighted by Crippen LogP contribution is -2.31. The highest BCUT2D eigenvalue weighted by Gasteiger charge is 2.16. The minimum Gasteiger partial charge on any atom is -0.355 e. The zero-order valence-corrected chi connectivity index (χ0v) is 8.67. The van der Waals surface area contributed by atoms with E-state index in [2.05, 4.69) is 21.4 Å². The van der Waals surface area contributed by atoms with E-state index in [1.165, 1.54) is 11.9 Å². The summed E-state index contributed by atoms with van der Waals surface area (Å²) in [6.07, 6.45) is 5.22. The van der Waals surface area contributed by atoms with Crippen LogP contribution in [0.1, 0.15) is 12.8 Å². The van der Waals surface area contributed by atoms with E-state index in [1.54, 1.807) is 6.20 Å². The first-order chi connectivity index (χ1) is 6.77. The highest BCUT2D eigenvalue weighted by atomic mass is 35.5. The fraction of sp³-hybridized carbons (Fsp3) is 0.400. The van der Waals surface area contributed by atoms with Gasteiger partial charge in [-0.15, -0.1) is 0 Å². The number of nitrogens with zero attached hydrogens (tertiary/aromatic N) is 3. The molecule has 1 aromatic rings. The van der Waals surface area contributed by atoms with Gasteiger partial charge in [0.2, 0.25) is 0 Å². The quantitative estimate of drug-likeness (QED) is 0.665. The lowest BCUT2D eigenvalue weighted by atomic mass is 10.1. The van der Waals surface area contributed by atoms with Gasteiger partial charge in [-0.1, -0.05) is 23.8 Å². The van der Waals surface area contributed by atoms with Crippen molar-refractivity contribution < 1.29 is 0 Å².